The summed E-state index contributed by atoms with van der Waals surface area (Å²) in [5.41, 5.74) is 0.748. The van der Waals surface area contributed by atoms with E-state index in [-0.39, 0.29) is 5.75 Å². The van der Waals surface area contributed by atoms with Crippen molar-refractivity contribution in [2.45, 2.75) is 5.60 Å². The number of ether oxygens (including phenoxy) is 2. The summed E-state index contributed by atoms with van der Waals surface area (Å²) in [6.07, 6.45) is 0. The highest BCUT2D eigenvalue weighted by molar-refractivity contribution is 6.30. The predicted octanol–water partition coefficient (Wildman–Crippen LogP) is 4.45. The number of benzene rings is 3. The van der Waals surface area contributed by atoms with Crippen LogP contribution < -0.4 is 9.96 Å². The fourth-order valence-electron chi connectivity index (χ4n) is 3.93. The zero-order chi connectivity index (χ0) is 22.2. The van der Waals surface area contributed by atoms with Crippen LogP contribution in [0.15, 0.2) is 60.7 Å². The number of fused-ring (bicyclic) bond motifs is 1. The molecule has 0 saturated heterocycles. The van der Waals surface area contributed by atoms with Crippen LogP contribution in [0, 0.1) is 0 Å². The maximum atomic E-state index is 12.9. The molecule has 0 aliphatic carbocycles. The minimum Gasteiger partial charge on any atom is -0.507 e. The smallest absolute Gasteiger partial charge is 0.340 e. The number of carbonyl (C=O) groups is 1. The van der Waals surface area contributed by atoms with Crippen molar-refractivity contribution in [3.8, 4) is 11.5 Å². The quantitative estimate of drug-likeness (QED) is 0.447. The third-order valence-corrected chi connectivity index (χ3v) is 5.45. The molecule has 7 nitrogen and oxygen atoms in total. The standard InChI is InChI=1S/C23H20ClNO6/c1-28-21-11-8-14(24)12-19(21)23(17-7-5-4-6-16(17)22(27)31-23)18-10-9-15(13-20(18)26)25(29-2)30-3/h4-13,26H,1-3H3. The lowest BCUT2D eigenvalue weighted by Gasteiger charge is -2.32. The molecule has 8 heteroatoms. The Morgan fingerprint density at radius 3 is 2.35 bits per heavy atom. The molecule has 31 heavy (non-hydrogen) atoms. The Hall–Kier alpha value is -3.26. The first kappa shape index (κ1) is 21.0. The minimum absolute atomic E-state index is 0.136. The number of aromatic hydroxyl groups is 1. The van der Waals surface area contributed by atoms with Gasteiger partial charge in [0.05, 0.1) is 32.6 Å². The summed E-state index contributed by atoms with van der Waals surface area (Å²) in [7, 11) is 4.38. The van der Waals surface area contributed by atoms with Crippen LogP contribution in [0.2, 0.25) is 5.02 Å². The maximum absolute atomic E-state index is 12.9. The number of nitrogens with zero attached hydrogens (tertiary/aromatic N) is 1. The SMILES string of the molecule is COc1ccc(Cl)cc1C1(c2ccc(N(OC)OC)cc2O)OC(=O)c2ccccc21. The summed E-state index contributed by atoms with van der Waals surface area (Å²) < 4.78 is 11.6. The molecule has 4 rings (SSSR count). The zero-order valence-corrected chi connectivity index (χ0v) is 17.8. The van der Waals surface area contributed by atoms with E-state index in [1.807, 2.05) is 0 Å². The fourth-order valence-corrected chi connectivity index (χ4v) is 4.11. The highest BCUT2D eigenvalue weighted by atomic mass is 35.5. The molecule has 0 bridgehead atoms. The number of halogens is 1. The molecule has 0 radical (unpaired) electrons. The van der Waals surface area contributed by atoms with Crippen LogP contribution in [-0.2, 0) is 20.0 Å². The second-order valence-electron chi connectivity index (χ2n) is 6.78. The Balaban J connectivity index is 2.04. The Kier molecular flexibility index (Phi) is 5.49. The van der Waals surface area contributed by atoms with Crippen molar-refractivity contribution in [3.05, 3.63) is 87.9 Å². The average Bonchev–Trinajstić information content (AvgIpc) is 3.08. The summed E-state index contributed by atoms with van der Waals surface area (Å²) in [6, 6.07) is 16.8. The first-order valence-electron chi connectivity index (χ1n) is 9.35. The molecule has 1 heterocycles. The summed E-state index contributed by atoms with van der Waals surface area (Å²) in [5.74, 6) is -0.201. The van der Waals surface area contributed by atoms with E-state index in [4.69, 9.17) is 30.7 Å². The number of carbonyl (C=O) groups excluding carboxylic acids is 1. The monoisotopic (exact) mass is 441 g/mol. The lowest BCUT2D eigenvalue weighted by Crippen LogP contribution is -2.30. The highest BCUT2D eigenvalue weighted by Crippen LogP contribution is 2.52. The van der Waals surface area contributed by atoms with Gasteiger partial charge in [-0.1, -0.05) is 29.8 Å². The number of hydrogen-bond donors (Lipinski definition) is 1. The predicted molar refractivity (Wildman–Crippen MR) is 114 cm³/mol. The lowest BCUT2D eigenvalue weighted by molar-refractivity contribution is -0.0434. The van der Waals surface area contributed by atoms with Crippen LogP contribution in [0.1, 0.15) is 27.0 Å². The zero-order valence-electron chi connectivity index (χ0n) is 17.1. The molecule has 0 saturated carbocycles. The van der Waals surface area contributed by atoms with Gasteiger partial charge in [0.15, 0.2) is 5.60 Å². The summed E-state index contributed by atoms with van der Waals surface area (Å²) in [4.78, 5) is 23.1. The van der Waals surface area contributed by atoms with Crippen molar-refractivity contribution in [2.75, 3.05) is 26.6 Å². The van der Waals surface area contributed by atoms with E-state index in [0.29, 0.717) is 38.7 Å². The van der Waals surface area contributed by atoms with Crippen LogP contribution in [0.5, 0.6) is 11.5 Å². The molecule has 1 unspecified atom stereocenters. The Morgan fingerprint density at radius 2 is 1.68 bits per heavy atom. The van der Waals surface area contributed by atoms with Gasteiger partial charge >= 0.3 is 5.97 Å². The number of phenolic OH excluding ortho intramolecular Hbond substituents is 1. The molecule has 160 valence electrons. The molecule has 0 amide bonds. The van der Waals surface area contributed by atoms with Gasteiger partial charge in [0.2, 0.25) is 0 Å². The largest absolute Gasteiger partial charge is 0.507 e. The van der Waals surface area contributed by atoms with Crippen molar-refractivity contribution in [3.63, 3.8) is 0 Å². The van der Waals surface area contributed by atoms with Crippen LogP contribution in [0.3, 0.4) is 0 Å². The van der Waals surface area contributed by atoms with Crippen LogP contribution in [-0.4, -0.2) is 32.4 Å². The molecule has 1 N–H and O–H groups in total. The molecule has 1 atom stereocenters. The van der Waals surface area contributed by atoms with Gasteiger partial charge in [0.25, 0.3) is 0 Å². The Bertz CT molecular complexity index is 1150. The number of hydrogen-bond acceptors (Lipinski definition) is 7. The van der Waals surface area contributed by atoms with E-state index in [1.54, 1.807) is 54.6 Å². The normalized spacial score (nSPS) is 17.2. The van der Waals surface area contributed by atoms with E-state index in [0.717, 1.165) is 5.23 Å². The Labute approximate surface area is 184 Å². The summed E-state index contributed by atoms with van der Waals surface area (Å²) in [5, 5.41) is 12.6. The van der Waals surface area contributed by atoms with E-state index in [1.165, 1.54) is 27.4 Å². The van der Waals surface area contributed by atoms with Gasteiger partial charge in [-0.05, 0) is 36.4 Å². The number of cyclic esters (lactones) is 1. The number of methoxy groups -OCH3 is 1. The molecule has 0 fully saturated rings. The third-order valence-electron chi connectivity index (χ3n) is 5.22. The molecular formula is C23H20ClNO6. The number of rotatable bonds is 6. The van der Waals surface area contributed by atoms with Gasteiger partial charge in [-0.15, -0.1) is 5.23 Å². The van der Waals surface area contributed by atoms with Gasteiger partial charge in [0.1, 0.15) is 11.5 Å². The average molecular weight is 442 g/mol. The molecule has 3 aromatic rings. The van der Waals surface area contributed by atoms with Crippen LogP contribution in [0.4, 0.5) is 5.69 Å². The Morgan fingerprint density at radius 1 is 0.935 bits per heavy atom. The summed E-state index contributed by atoms with van der Waals surface area (Å²) >= 11 is 6.31. The summed E-state index contributed by atoms with van der Waals surface area (Å²) in [6.45, 7) is 0. The molecule has 1 aliphatic heterocycles. The van der Waals surface area contributed by atoms with Crippen molar-refractivity contribution in [1.29, 1.82) is 0 Å². The van der Waals surface area contributed by atoms with Gasteiger partial charge in [-0.2, -0.15) is 0 Å². The number of esters is 1. The van der Waals surface area contributed by atoms with Gasteiger partial charge in [-0.3, -0.25) is 9.68 Å². The van der Waals surface area contributed by atoms with Crippen molar-refractivity contribution in [2.24, 2.45) is 0 Å². The van der Waals surface area contributed by atoms with Crippen molar-refractivity contribution < 1.29 is 29.0 Å². The first-order chi connectivity index (χ1) is 15.0. The van der Waals surface area contributed by atoms with E-state index < -0.39 is 11.6 Å². The lowest BCUT2D eigenvalue weighted by atomic mass is 9.79. The van der Waals surface area contributed by atoms with Gasteiger partial charge in [0, 0.05) is 27.8 Å². The van der Waals surface area contributed by atoms with Crippen LogP contribution in [0.25, 0.3) is 0 Å². The molecule has 0 aromatic heterocycles. The molecule has 1 aliphatic rings. The second kappa shape index (κ2) is 8.11. The van der Waals surface area contributed by atoms with Gasteiger partial charge in [-0.25, -0.2) is 4.79 Å². The molecule has 0 spiro atoms. The topological polar surface area (TPSA) is 77.5 Å². The van der Waals surface area contributed by atoms with Gasteiger partial charge < -0.3 is 14.6 Å². The van der Waals surface area contributed by atoms with Crippen molar-refractivity contribution >= 4 is 23.3 Å². The van der Waals surface area contributed by atoms with E-state index in [9.17, 15) is 9.90 Å². The van der Waals surface area contributed by atoms with Crippen LogP contribution >= 0.6 is 11.6 Å². The van der Waals surface area contributed by atoms with E-state index in [2.05, 4.69) is 0 Å². The molecular weight excluding hydrogens is 422 g/mol. The highest BCUT2D eigenvalue weighted by Gasteiger charge is 2.51. The number of anilines is 1. The number of phenols is 1. The fraction of sp³-hybridized carbons (Fsp3) is 0.174. The third kappa shape index (κ3) is 3.27. The first-order valence-corrected chi connectivity index (χ1v) is 9.72. The second-order valence-corrected chi connectivity index (χ2v) is 7.22. The maximum Gasteiger partial charge on any atom is 0.340 e. The van der Waals surface area contributed by atoms with Crippen molar-refractivity contribution in [1.82, 2.24) is 0 Å². The minimum atomic E-state index is -1.47. The van der Waals surface area contributed by atoms with E-state index >= 15 is 0 Å². The molecule has 3 aromatic carbocycles.